The number of halogens is 1. The lowest BCUT2D eigenvalue weighted by atomic mass is 10.0. The van der Waals surface area contributed by atoms with E-state index in [1.54, 1.807) is 36.9 Å². The standard InChI is InChI=1S/C17H14FN5/c18-15-3-1-13(2-4-15)9-17(14-5-7-19-8-6-14)23-22-16-10-20-12-21-11-16/h1-8,10-12,22H,9H2. The van der Waals surface area contributed by atoms with Crippen LogP contribution >= 0.6 is 0 Å². The summed E-state index contributed by atoms with van der Waals surface area (Å²) in [5.41, 5.74) is 6.35. The first-order chi connectivity index (χ1) is 11.3. The molecule has 0 aliphatic carbocycles. The second kappa shape index (κ2) is 7.22. The SMILES string of the molecule is Fc1ccc(CC(=NNc2cncnc2)c2ccncc2)cc1. The van der Waals surface area contributed by atoms with Crippen LogP contribution in [0.2, 0.25) is 0 Å². The molecule has 0 bridgehead atoms. The molecule has 23 heavy (non-hydrogen) atoms. The number of nitrogens with one attached hydrogen (secondary N) is 1. The lowest BCUT2D eigenvalue weighted by molar-refractivity contribution is 0.627. The molecule has 0 aliphatic rings. The molecule has 114 valence electrons. The molecule has 5 nitrogen and oxygen atoms in total. The van der Waals surface area contributed by atoms with Gasteiger partial charge in [0.2, 0.25) is 0 Å². The highest BCUT2D eigenvalue weighted by atomic mass is 19.1. The molecule has 0 amide bonds. The Morgan fingerprint density at radius 1 is 0.957 bits per heavy atom. The van der Waals surface area contributed by atoms with Gasteiger partial charge >= 0.3 is 0 Å². The molecule has 0 saturated heterocycles. The van der Waals surface area contributed by atoms with Gasteiger partial charge < -0.3 is 0 Å². The van der Waals surface area contributed by atoms with Gasteiger partial charge in [-0.05, 0) is 29.8 Å². The fourth-order valence-corrected chi connectivity index (χ4v) is 2.03. The molecule has 0 saturated carbocycles. The normalized spacial score (nSPS) is 11.3. The highest BCUT2D eigenvalue weighted by Gasteiger charge is 2.06. The van der Waals surface area contributed by atoms with E-state index in [9.17, 15) is 4.39 Å². The average molecular weight is 307 g/mol. The van der Waals surface area contributed by atoms with E-state index in [2.05, 4.69) is 25.5 Å². The molecule has 0 radical (unpaired) electrons. The Morgan fingerprint density at radius 2 is 1.65 bits per heavy atom. The number of hydrazone groups is 1. The molecule has 3 aromatic rings. The smallest absolute Gasteiger partial charge is 0.123 e. The molecule has 0 spiro atoms. The van der Waals surface area contributed by atoms with Gasteiger partial charge in [0.25, 0.3) is 0 Å². The van der Waals surface area contributed by atoms with Gasteiger partial charge in [-0.3, -0.25) is 10.4 Å². The van der Waals surface area contributed by atoms with Crippen LogP contribution in [0.1, 0.15) is 11.1 Å². The van der Waals surface area contributed by atoms with Crippen molar-refractivity contribution in [1.29, 1.82) is 0 Å². The summed E-state index contributed by atoms with van der Waals surface area (Å²) < 4.78 is 13.1. The Balaban J connectivity index is 1.86. The number of aromatic nitrogens is 3. The van der Waals surface area contributed by atoms with Crippen LogP contribution in [0.25, 0.3) is 0 Å². The summed E-state index contributed by atoms with van der Waals surface area (Å²) in [4.78, 5) is 11.9. The Hall–Kier alpha value is -3.15. The van der Waals surface area contributed by atoms with E-state index in [1.165, 1.54) is 18.5 Å². The highest BCUT2D eigenvalue weighted by Crippen LogP contribution is 2.10. The monoisotopic (exact) mass is 307 g/mol. The Bertz CT molecular complexity index is 773. The minimum absolute atomic E-state index is 0.254. The number of hydrogen-bond acceptors (Lipinski definition) is 5. The summed E-state index contributed by atoms with van der Waals surface area (Å²) in [5.74, 6) is -0.254. The largest absolute Gasteiger partial charge is 0.275 e. The predicted molar refractivity (Wildman–Crippen MR) is 86.5 cm³/mol. The third kappa shape index (κ3) is 4.16. The lowest BCUT2D eigenvalue weighted by Crippen LogP contribution is -2.08. The Kier molecular flexibility index (Phi) is 4.63. The minimum atomic E-state index is -0.254. The summed E-state index contributed by atoms with van der Waals surface area (Å²) in [6, 6.07) is 10.1. The second-order valence-electron chi connectivity index (χ2n) is 4.84. The number of anilines is 1. The molecule has 0 atom stereocenters. The van der Waals surface area contributed by atoms with Gasteiger partial charge in [0.05, 0.1) is 23.8 Å². The molecule has 0 fully saturated rings. The first-order valence-corrected chi connectivity index (χ1v) is 7.04. The zero-order valence-electron chi connectivity index (χ0n) is 12.2. The van der Waals surface area contributed by atoms with Crippen molar-refractivity contribution < 1.29 is 4.39 Å². The van der Waals surface area contributed by atoms with Gasteiger partial charge in [0, 0.05) is 24.4 Å². The Morgan fingerprint density at radius 3 is 2.35 bits per heavy atom. The molecular formula is C17H14FN5. The van der Waals surface area contributed by atoms with Crippen molar-refractivity contribution in [1.82, 2.24) is 15.0 Å². The molecular weight excluding hydrogens is 293 g/mol. The van der Waals surface area contributed by atoms with Crippen molar-refractivity contribution in [2.45, 2.75) is 6.42 Å². The number of hydrogen-bond donors (Lipinski definition) is 1. The van der Waals surface area contributed by atoms with Crippen molar-refractivity contribution in [3.05, 3.63) is 84.5 Å². The zero-order chi connectivity index (χ0) is 15.9. The first-order valence-electron chi connectivity index (χ1n) is 7.04. The number of rotatable bonds is 5. The molecule has 0 aliphatic heterocycles. The Labute approximate surface area is 133 Å². The summed E-state index contributed by atoms with van der Waals surface area (Å²) in [6.07, 6.45) is 8.71. The van der Waals surface area contributed by atoms with Crippen LogP contribution in [-0.2, 0) is 6.42 Å². The van der Waals surface area contributed by atoms with Crippen molar-refractivity contribution in [3.8, 4) is 0 Å². The topological polar surface area (TPSA) is 63.1 Å². The quantitative estimate of drug-likeness (QED) is 0.581. The fraction of sp³-hybridized carbons (Fsp3) is 0.0588. The second-order valence-corrected chi connectivity index (χ2v) is 4.84. The van der Waals surface area contributed by atoms with E-state index in [1.807, 2.05) is 12.1 Å². The number of nitrogens with zero attached hydrogens (tertiary/aromatic N) is 4. The minimum Gasteiger partial charge on any atom is -0.275 e. The van der Waals surface area contributed by atoms with E-state index in [4.69, 9.17) is 0 Å². The fourth-order valence-electron chi connectivity index (χ4n) is 2.03. The van der Waals surface area contributed by atoms with Gasteiger partial charge in [0.1, 0.15) is 12.1 Å². The number of pyridine rings is 1. The van der Waals surface area contributed by atoms with E-state index in [0.29, 0.717) is 12.1 Å². The molecule has 1 N–H and O–H groups in total. The lowest BCUT2D eigenvalue weighted by Gasteiger charge is -2.08. The summed E-state index contributed by atoms with van der Waals surface area (Å²) in [6.45, 7) is 0. The van der Waals surface area contributed by atoms with Gasteiger partial charge in [-0.25, -0.2) is 14.4 Å². The van der Waals surface area contributed by atoms with Crippen molar-refractivity contribution >= 4 is 11.4 Å². The van der Waals surface area contributed by atoms with Gasteiger partial charge in [-0.15, -0.1) is 0 Å². The molecule has 0 unspecified atom stereocenters. The van der Waals surface area contributed by atoms with Crippen LogP contribution in [-0.4, -0.2) is 20.7 Å². The molecule has 3 rings (SSSR count). The van der Waals surface area contributed by atoms with Crippen LogP contribution in [0.15, 0.2) is 72.6 Å². The van der Waals surface area contributed by atoms with E-state index in [0.717, 1.165) is 16.8 Å². The maximum atomic E-state index is 13.1. The van der Waals surface area contributed by atoms with Crippen molar-refractivity contribution in [2.75, 3.05) is 5.43 Å². The molecule has 6 heteroatoms. The van der Waals surface area contributed by atoms with Crippen molar-refractivity contribution in [2.24, 2.45) is 5.10 Å². The van der Waals surface area contributed by atoms with E-state index in [-0.39, 0.29) is 5.82 Å². The maximum absolute atomic E-state index is 13.1. The van der Waals surface area contributed by atoms with Crippen LogP contribution in [0.5, 0.6) is 0 Å². The van der Waals surface area contributed by atoms with Crippen LogP contribution in [0, 0.1) is 5.82 Å². The first kappa shape index (κ1) is 14.8. The number of benzene rings is 1. The van der Waals surface area contributed by atoms with Gasteiger partial charge in [-0.2, -0.15) is 5.10 Å². The summed E-state index contributed by atoms with van der Waals surface area (Å²) in [5, 5.41) is 4.45. The van der Waals surface area contributed by atoms with Gasteiger partial charge in [0.15, 0.2) is 0 Å². The highest BCUT2D eigenvalue weighted by molar-refractivity contribution is 6.02. The third-order valence-corrected chi connectivity index (χ3v) is 3.18. The molecule has 2 heterocycles. The van der Waals surface area contributed by atoms with Crippen LogP contribution in [0.4, 0.5) is 10.1 Å². The van der Waals surface area contributed by atoms with Gasteiger partial charge in [-0.1, -0.05) is 12.1 Å². The predicted octanol–water partition coefficient (Wildman–Crippen LogP) is 3.07. The molecule has 1 aromatic carbocycles. The van der Waals surface area contributed by atoms with E-state index < -0.39 is 0 Å². The third-order valence-electron chi connectivity index (χ3n) is 3.18. The van der Waals surface area contributed by atoms with Crippen LogP contribution in [0.3, 0.4) is 0 Å². The van der Waals surface area contributed by atoms with E-state index >= 15 is 0 Å². The maximum Gasteiger partial charge on any atom is 0.123 e. The summed E-state index contributed by atoms with van der Waals surface area (Å²) in [7, 11) is 0. The van der Waals surface area contributed by atoms with Crippen molar-refractivity contribution in [3.63, 3.8) is 0 Å². The average Bonchev–Trinajstić information content (AvgIpc) is 2.62. The molecule has 2 aromatic heterocycles. The zero-order valence-corrected chi connectivity index (χ0v) is 12.2. The van der Waals surface area contributed by atoms with Crippen LogP contribution < -0.4 is 5.43 Å². The summed E-state index contributed by atoms with van der Waals surface area (Å²) >= 11 is 0.